The van der Waals surface area contributed by atoms with E-state index in [-0.39, 0.29) is 41.5 Å². The van der Waals surface area contributed by atoms with Gasteiger partial charge >= 0.3 is 5.69 Å². The largest absolute Gasteiger partial charge is 0.457 e. The molecule has 0 atom stereocenters. The maximum Gasteiger partial charge on any atom is 0.309 e. The van der Waals surface area contributed by atoms with Gasteiger partial charge in [-0.05, 0) is 26.0 Å². The van der Waals surface area contributed by atoms with E-state index < -0.39 is 15.8 Å². The molecule has 0 aliphatic carbocycles. The fourth-order valence-electron chi connectivity index (χ4n) is 2.80. The normalized spacial score (nSPS) is 10.5. The highest BCUT2D eigenvalue weighted by Gasteiger charge is 2.17. The third kappa shape index (κ3) is 5.63. The fourth-order valence-corrected chi connectivity index (χ4v) is 2.80. The second-order valence-electron chi connectivity index (χ2n) is 6.81. The van der Waals surface area contributed by atoms with E-state index in [1.54, 1.807) is 12.1 Å². The molecule has 0 bridgehead atoms. The van der Waals surface area contributed by atoms with Crippen LogP contribution < -0.4 is 10.1 Å². The van der Waals surface area contributed by atoms with Gasteiger partial charge in [-0.1, -0.05) is 17.7 Å². The van der Waals surface area contributed by atoms with Crippen LogP contribution in [0.2, 0.25) is 0 Å². The molecule has 1 amide bonds. The van der Waals surface area contributed by atoms with Crippen LogP contribution in [0.1, 0.15) is 17.7 Å². The minimum absolute atomic E-state index is 0.0326. The van der Waals surface area contributed by atoms with Gasteiger partial charge in [-0.15, -0.1) is 0 Å². The predicted molar refractivity (Wildman–Crippen MR) is 111 cm³/mol. The van der Waals surface area contributed by atoms with Gasteiger partial charge in [0.1, 0.15) is 23.4 Å². The van der Waals surface area contributed by atoms with Crippen molar-refractivity contribution in [2.45, 2.75) is 26.8 Å². The molecular weight excluding hydrogens is 406 g/mol. The molecule has 3 aromatic rings. The number of aryl methyl sites for hydroxylation is 3. The number of hydrogen-bond donors (Lipinski definition) is 1. The van der Waals surface area contributed by atoms with Crippen molar-refractivity contribution in [2.75, 3.05) is 5.32 Å². The summed E-state index contributed by atoms with van der Waals surface area (Å²) in [7, 11) is 0. The van der Waals surface area contributed by atoms with Gasteiger partial charge in [0.15, 0.2) is 0 Å². The molecule has 11 heteroatoms. The van der Waals surface area contributed by atoms with E-state index in [0.717, 1.165) is 5.56 Å². The van der Waals surface area contributed by atoms with Crippen LogP contribution in [0.25, 0.3) is 0 Å². The number of nitrogens with zero attached hydrogens (tertiary/aromatic N) is 4. The zero-order chi connectivity index (χ0) is 22.5. The van der Waals surface area contributed by atoms with E-state index in [2.05, 4.69) is 10.4 Å². The lowest BCUT2D eigenvalue weighted by Crippen LogP contribution is -2.15. The number of ether oxygens (including phenoxy) is 1. The molecular formula is C20H19N5O6. The van der Waals surface area contributed by atoms with E-state index in [1.807, 2.05) is 19.1 Å². The first-order valence-electron chi connectivity index (χ1n) is 9.23. The lowest BCUT2D eigenvalue weighted by Gasteiger charge is -2.10. The third-order valence-electron chi connectivity index (χ3n) is 4.33. The second kappa shape index (κ2) is 9.03. The molecule has 0 aliphatic rings. The van der Waals surface area contributed by atoms with Gasteiger partial charge in [0.25, 0.3) is 5.69 Å². The first-order valence-corrected chi connectivity index (χ1v) is 9.23. The number of anilines is 1. The number of nitrogens with one attached hydrogen (secondary N) is 1. The van der Waals surface area contributed by atoms with Crippen LogP contribution in [-0.4, -0.2) is 25.5 Å². The summed E-state index contributed by atoms with van der Waals surface area (Å²) in [6.45, 7) is 3.54. The summed E-state index contributed by atoms with van der Waals surface area (Å²) in [6.07, 6.45) is 1.22. The zero-order valence-corrected chi connectivity index (χ0v) is 16.8. The van der Waals surface area contributed by atoms with Gasteiger partial charge in [0, 0.05) is 25.1 Å². The number of nitro groups is 2. The average Bonchev–Trinajstić information content (AvgIpc) is 3.09. The van der Waals surface area contributed by atoms with Crippen LogP contribution >= 0.6 is 0 Å². The smallest absolute Gasteiger partial charge is 0.309 e. The maximum absolute atomic E-state index is 12.3. The summed E-state index contributed by atoms with van der Waals surface area (Å²) in [5, 5.41) is 28.7. The average molecular weight is 425 g/mol. The van der Waals surface area contributed by atoms with Crippen molar-refractivity contribution >= 4 is 23.0 Å². The van der Waals surface area contributed by atoms with Crippen LogP contribution in [0, 0.1) is 34.1 Å². The third-order valence-corrected chi connectivity index (χ3v) is 4.33. The molecule has 1 heterocycles. The van der Waals surface area contributed by atoms with Crippen molar-refractivity contribution in [3.05, 3.63) is 80.1 Å². The molecule has 1 aromatic heterocycles. The van der Waals surface area contributed by atoms with Crippen LogP contribution in [0.5, 0.6) is 11.5 Å². The number of nitro benzene ring substituents is 1. The Morgan fingerprint density at radius 1 is 1.06 bits per heavy atom. The lowest BCUT2D eigenvalue weighted by atomic mass is 10.2. The fraction of sp³-hybridized carbons (Fsp3) is 0.200. The lowest BCUT2D eigenvalue weighted by molar-refractivity contribution is -0.385. The SMILES string of the molecule is Cc1ccc(Oc2cc(NC(=O)CCn3cc([N+](=O)[O-])c(C)n3)cc([N+](=O)[O-])c2)cc1. The van der Waals surface area contributed by atoms with Crippen molar-refractivity contribution in [1.29, 1.82) is 0 Å². The topological polar surface area (TPSA) is 142 Å². The van der Waals surface area contributed by atoms with Gasteiger partial charge in [0.2, 0.25) is 5.91 Å². The molecule has 31 heavy (non-hydrogen) atoms. The number of rotatable bonds is 8. The minimum Gasteiger partial charge on any atom is -0.457 e. The molecule has 0 radical (unpaired) electrons. The standard InChI is InChI=1S/C20H19N5O6/c1-13-3-5-17(6-4-13)31-18-10-15(9-16(11-18)24(27)28)21-20(26)7-8-23-12-19(25(29)30)14(2)22-23/h3-6,9-12H,7-8H2,1-2H3,(H,21,26). The van der Waals surface area contributed by atoms with Crippen molar-refractivity contribution in [3.63, 3.8) is 0 Å². The Morgan fingerprint density at radius 2 is 1.77 bits per heavy atom. The molecule has 0 saturated carbocycles. The summed E-state index contributed by atoms with van der Waals surface area (Å²) in [5.41, 5.74) is 1.12. The quantitative estimate of drug-likeness (QED) is 0.422. The monoisotopic (exact) mass is 425 g/mol. The van der Waals surface area contributed by atoms with E-state index in [1.165, 1.54) is 36.0 Å². The van der Waals surface area contributed by atoms with Crippen molar-refractivity contribution in [1.82, 2.24) is 9.78 Å². The summed E-state index contributed by atoms with van der Waals surface area (Å²) >= 11 is 0. The first kappa shape index (κ1) is 21.4. The molecule has 0 fully saturated rings. The summed E-state index contributed by atoms with van der Waals surface area (Å²) in [5.74, 6) is 0.267. The van der Waals surface area contributed by atoms with Gasteiger partial charge in [-0.25, -0.2) is 0 Å². The van der Waals surface area contributed by atoms with Gasteiger partial charge in [0.05, 0.1) is 21.6 Å². The number of benzene rings is 2. The van der Waals surface area contributed by atoms with Gasteiger partial charge in [-0.3, -0.25) is 29.7 Å². The summed E-state index contributed by atoms with van der Waals surface area (Å²) < 4.78 is 6.99. The van der Waals surface area contributed by atoms with Crippen LogP contribution in [0.15, 0.2) is 48.7 Å². The number of non-ortho nitro benzene ring substituents is 1. The Kier molecular flexibility index (Phi) is 6.24. The molecule has 0 aliphatic heterocycles. The number of aromatic nitrogens is 2. The molecule has 160 valence electrons. The van der Waals surface area contributed by atoms with Gasteiger partial charge in [-0.2, -0.15) is 5.10 Å². The van der Waals surface area contributed by atoms with Crippen molar-refractivity contribution in [2.24, 2.45) is 0 Å². The molecule has 2 aromatic carbocycles. The van der Waals surface area contributed by atoms with Gasteiger partial charge < -0.3 is 10.1 Å². The van der Waals surface area contributed by atoms with Crippen LogP contribution in [-0.2, 0) is 11.3 Å². The highest BCUT2D eigenvalue weighted by Crippen LogP contribution is 2.30. The van der Waals surface area contributed by atoms with E-state index >= 15 is 0 Å². The highest BCUT2D eigenvalue weighted by atomic mass is 16.6. The molecule has 0 saturated heterocycles. The summed E-state index contributed by atoms with van der Waals surface area (Å²) in [6, 6.07) is 11.1. The molecule has 1 N–H and O–H groups in total. The Labute approximate surface area is 176 Å². The predicted octanol–water partition coefficient (Wildman–Crippen LogP) is 4.14. The Balaban J connectivity index is 1.70. The maximum atomic E-state index is 12.3. The van der Waals surface area contributed by atoms with Crippen molar-refractivity contribution in [3.8, 4) is 11.5 Å². The number of hydrogen-bond acceptors (Lipinski definition) is 7. The minimum atomic E-state index is -0.580. The highest BCUT2D eigenvalue weighted by molar-refractivity contribution is 5.91. The number of amides is 1. The summed E-state index contributed by atoms with van der Waals surface area (Å²) in [4.78, 5) is 33.3. The van der Waals surface area contributed by atoms with E-state index in [4.69, 9.17) is 4.74 Å². The molecule has 0 spiro atoms. The Morgan fingerprint density at radius 3 is 2.39 bits per heavy atom. The Hall–Kier alpha value is -4.28. The molecule has 0 unspecified atom stereocenters. The van der Waals surface area contributed by atoms with Crippen LogP contribution in [0.4, 0.5) is 17.1 Å². The number of carbonyl (C=O) groups is 1. The second-order valence-corrected chi connectivity index (χ2v) is 6.81. The first-order chi connectivity index (χ1) is 14.7. The van der Waals surface area contributed by atoms with E-state index in [9.17, 15) is 25.0 Å². The van der Waals surface area contributed by atoms with Crippen LogP contribution in [0.3, 0.4) is 0 Å². The Bertz CT molecular complexity index is 1140. The zero-order valence-electron chi connectivity index (χ0n) is 16.8. The van der Waals surface area contributed by atoms with Crippen molar-refractivity contribution < 1.29 is 19.4 Å². The molecule has 11 nitrogen and oxygen atoms in total. The van der Waals surface area contributed by atoms with E-state index in [0.29, 0.717) is 5.75 Å². The number of carbonyl (C=O) groups excluding carboxylic acids is 1. The molecule has 3 rings (SSSR count).